The third-order valence-electron chi connectivity index (χ3n) is 3.60. The minimum atomic E-state index is 0.494. The molecule has 1 aliphatic heterocycles. The predicted molar refractivity (Wildman–Crippen MR) is 74.4 cm³/mol. The van der Waals surface area contributed by atoms with E-state index in [1.165, 1.54) is 16.8 Å². The molecule has 2 heteroatoms. The summed E-state index contributed by atoms with van der Waals surface area (Å²) >= 11 is 0. The van der Waals surface area contributed by atoms with E-state index in [-0.39, 0.29) is 0 Å². The van der Waals surface area contributed by atoms with E-state index in [4.69, 9.17) is 4.74 Å². The summed E-state index contributed by atoms with van der Waals surface area (Å²) in [4.78, 5) is 0. The van der Waals surface area contributed by atoms with Gasteiger partial charge < -0.3 is 10.1 Å². The van der Waals surface area contributed by atoms with Crippen molar-refractivity contribution in [2.45, 2.75) is 12.3 Å². The molecule has 0 amide bonds. The fourth-order valence-corrected chi connectivity index (χ4v) is 2.65. The first-order valence-corrected chi connectivity index (χ1v) is 6.35. The van der Waals surface area contributed by atoms with E-state index in [0.717, 1.165) is 18.7 Å². The molecular formula is C16H17NO. The topological polar surface area (TPSA) is 21.3 Å². The molecule has 0 bridgehead atoms. The Balaban J connectivity index is 1.97. The largest absolute Gasteiger partial charge is 0.497 e. The van der Waals surface area contributed by atoms with Crippen LogP contribution in [0.2, 0.25) is 0 Å². The van der Waals surface area contributed by atoms with Crippen LogP contribution in [0.1, 0.15) is 23.5 Å². The summed E-state index contributed by atoms with van der Waals surface area (Å²) in [5.74, 6) is 1.41. The van der Waals surface area contributed by atoms with Gasteiger partial charge in [0.2, 0.25) is 0 Å². The zero-order valence-electron chi connectivity index (χ0n) is 10.5. The lowest BCUT2D eigenvalue weighted by molar-refractivity contribution is 0.414. The van der Waals surface area contributed by atoms with Crippen molar-refractivity contribution in [2.24, 2.45) is 0 Å². The van der Waals surface area contributed by atoms with Crippen LogP contribution in [0, 0.1) is 0 Å². The van der Waals surface area contributed by atoms with Gasteiger partial charge in [-0.05, 0) is 35.7 Å². The molecule has 18 heavy (non-hydrogen) atoms. The molecule has 3 rings (SSSR count). The number of nitrogens with one attached hydrogen (secondary N) is 1. The fraction of sp³-hybridized carbons (Fsp3) is 0.250. The summed E-state index contributed by atoms with van der Waals surface area (Å²) in [7, 11) is 1.70. The summed E-state index contributed by atoms with van der Waals surface area (Å²) in [5, 5.41) is 3.46. The van der Waals surface area contributed by atoms with Crippen molar-refractivity contribution in [3.63, 3.8) is 0 Å². The average molecular weight is 239 g/mol. The lowest BCUT2D eigenvalue weighted by Crippen LogP contribution is -2.17. The molecule has 0 radical (unpaired) electrons. The van der Waals surface area contributed by atoms with Gasteiger partial charge in [-0.3, -0.25) is 0 Å². The Morgan fingerprint density at radius 3 is 2.61 bits per heavy atom. The Hall–Kier alpha value is -1.96. The third kappa shape index (κ3) is 1.94. The van der Waals surface area contributed by atoms with Crippen molar-refractivity contribution in [1.29, 1.82) is 0 Å². The smallest absolute Gasteiger partial charge is 0.118 e. The van der Waals surface area contributed by atoms with E-state index in [0.29, 0.717) is 5.92 Å². The van der Waals surface area contributed by atoms with E-state index in [2.05, 4.69) is 41.7 Å². The number of anilines is 1. The second-order valence-corrected chi connectivity index (χ2v) is 4.63. The van der Waals surface area contributed by atoms with Gasteiger partial charge in [-0.25, -0.2) is 0 Å². The Bertz CT molecular complexity index is 533. The van der Waals surface area contributed by atoms with Gasteiger partial charge in [0.15, 0.2) is 0 Å². The monoisotopic (exact) mass is 239 g/mol. The quantitative estimate of drug-likeness (QED) is 0.863. The molecular weight excluding hydrogens is 222 g/mol. The fourth-order valence-electron chi connectivity index (χ4n) is 2.65. The second kappa shape index (κ2) is 4.73. The van der Waals surface area contributed by atoms with Gasteiger partial charge in [-0.2, -0.15) is 0 Å². The lowest BCUT2D eigenvalue weighted by Gasteiger charge is -2.27. The van der Waals surface area contributed by atoms with Gasteiger partial charge in [-0.15, -0.1) is 0 Å². The molecule has 0 unspecified atom stereocenters. The minimum absolute atomic E-state index is 0.494. The van der Waals surface area contributed by atoms with Crippen LogP contribution in [-0.2, 0) is 0 Å². The van der Waals surface area contributed by atoms with Gasteiger partial charge in [0, 0.05) is 18.2 Å². The van der Waals surface area contributed by atoms with Crippen LogP contribution in [0.4, 0.5) is 5.69 Å². The molecule has 0 saturated heterocycles. The highest BCUT2D eigenvalue weighted by atomic mass is 16.5. The third-order valence-corrected chi connectivity index (χ3v) is 3.60. The number of benzene rings is 2. The number of rotatable bonds is 2. The molecule has 1 atom stereocenters. The highest BCUT2D eigenvalue weighted by Crippen LogP contribution is 2.36. The molecule has 0 spiro atoms. The van der Waals surface area contributed by atoms with Crippen LogP contribution in [-0.4, -0.2) is 13.7 Å². The van der Waals surface area contributed by atoms with Gasteiger partial charge in [0.1, 0.15) is 5.75 Å². The predicted octanol–water partition coefficient (Wildman–Crippen LogP) is 3.64. The van der Waals surface area contributed by atoms with Gasteiger partial charge in [0.25, 0.3) is 0 Å². The highest BCUT2D eigenvalue weighted by Gasteiger charge is 2.20. The molecule has 2 nitrogen and oxygen atoms in total. The van der Waals surface area contributed by atoms with E-state index in [1.54, 1.807) is 7.11 Å². The van der Waals surface area contributed by atoms with Gasteiger partial charge in [-0.1, -0.05) is 30.3 Å². The van der Waals surface area contributed by atoms with Crippen molar-refractivity contribution < 1.29 is 4.74 Å². The van der Waals surface area contributed by atoms with Crippen molar-refractivity contribution >= 4 is 5.69 Å². The normalized spacial score (nSPS) is 17.7. The summed E-state index contributed by atoms with van der Waals surface area (Å²) in [6.45, 7) is 1.04. The number of para-hydroxylation sites is 1. The number of fused-ring (bicyclic) bond motifs is 1. The summed E-state index contributed by atoms with van der Waals surface area (Å²) in [6.07, 6.45) is 1.14. The molecule has 92 valence electrons. The zero-order valence-corrected chi connectivity index (χ0v) is 10.5. The molecule has 2 aromatic rings. The number of hydrogen-bond donors (Lipinski definition) is 1. The van der Waals surface area contributed by atoms with Crippen LogP contribution >= 0.6 is 0 Å². The Morgan fingerprint density at radius 2 is 1.83 bits per heavy atom. The number of methoxy groups -OCH3 is 1. The standard InChI is InChI=1S/C16H17NO/c1-18-13-8-6-12(7-9-13)14-10-11-17-16-5-3-2-4-15(14)16/h2-9,14,17H,10-11H2,1H3/t14-/m0/s1. The lowest BCUT2D eigenvalue weighted by atomic mass is 9.85. The minimum Gasteiger partial charge on any atom is -0.497 e. The molecule has 0 aromatic heterocycles. The maximum atomic E-state index is 5.21. The first kappa shape index (κ1) is 11.1. The molecule has 1 heterocycles. The van der Waals surface area contributed by atoms with Crippen molar-refractivity contribution in [2.75, 3.05) is 19.0 Å². The molecule has 1 aliphatic rings. The molecule has 0 aliphatic carbocycles. The maximum absolute atomic E-state index is 5.21. The summed E-state index contributed by atoms with van der Waals surface area (Å²) in [5.41, 5.74) is 4.03. The first-order chi connectivity index (χ1) is 8.88. The van der Waals surface area contributed by atoms with E-state index in [9.17, 15) is 0 Å². The number of ether oxygens (including phenoxy) is 1. The van der Waals surface area contributed by atoms with Crippen molar-refractivity contribution in [1.82, 2.24) is 0 Å². The van der Waals surface area contributed by atoms with Crippen LogP contribution in [0.15, 0.2) is 48.5 Å². The van der Waals surface area contributed by atoms with Crippen molar-refractivity contribution in [3.05, 3.63) is 59.7 Å². The molecule has 1 N–H and O–H groups in total. The van der Waals surface area contributed by atoms with Crippen LogP contribution in [0.25, 0.3) is 0 Å². The highest BCUT2D eigenvalue weighted by molar-refractivity contribution is 5.57. The van der Waals surface area contributed by atoms with Gasteiger partial charge >= 0.3 is 0 Å². The van der Waals surface area contributed by atoms with Crippen LogP contribution in [0.5, 0.6) is 5.75 Å². The molecule has 0 saturated carbocycles. The molecule has 0 fully saturated rings. The maximum Gasteiger partial charge on any atom is 0.118 e. The van der Waals surface area contributed by atoms with Crippen LogP contribution < -0.4 is 10.1 Å². The van der Waals surface area contributed by atoms with E-state index >= 15 is 0 Å². The second-order valence-electron chi connectivity index (χ2n) is 4.63. The Labute approximate surface area is 108 Å². The first-order valence-electron chi connectivity index (χ1n) is 6.35. The van der Waals surface area contributed by atoms with E-state index < -0.39 is 0 Å². The molecule has 2 aromatic carbocycles. The summed E-state index contributed by atoms with van der Waals surface area (Å²) < 4.78 is 5.21. The Morgan fingerprint density at radius 1 is 1.06 bits per heavy atom. The zero-order chi connectivity index (χ0) is 12.4. The van der Waals surface area contributed by atoms with E-state index in [1.807, 2.05) is 12.1 Å². The van der Waals surface area contributed by atoms with Gasteiger partial charge in [0.05, 0.1) is 7.11 Å². The number of hydrogen-bond acceptors (Lipinski definition) is 2. The van der Waals surface area contributed by atoms with Crippen LogP contribution in [0.3, 0.4) is 0 Å². The SMILES string of the molecule is COc1ccc([C@@H]2CCNc3ccccc32)cc1. The average Bonchev–Trinajstić information content (AvgIpc) is 2.47. The Kier molecular flexibility index (Phi) is 2.93. The van der Waals surface area contributed by atoms with Crippen molar-refractivity contribution in [3.8, 4) is 5.75 Å². The summed E-state index contributed by atoms with van der Waals surface area (Å²) in [6, 6.07) is 17.0.